The van der Waals surface area contributed by atoms with E-state index >= 15 is 0 Å². The number of nitrogens with zero attached hydrogens (tertiary/aromatic N) is 1. The number of aromatic nitrogens is 2. The number of carboxylic acid groups (broad SMARTS) is 1. The number of H-pyrrole nitrogens is 1. The Labute approximate surface area is 85.4 Å². The van der Waals surface area contributed by atoms with Crippen molar-refractivity contribution in [3.8, 4) is 0 Å². The minimum absolute atomic E-state index is 0.0874. The molecule has 1 heterocycles. The molecule has 2 rings (SSSR count). The monoisotopic (exact) mass is 206 g/mol. The van der Waals surface area contributed by atoms with Crippen LogP contribution in [0.2, 0.25) is 0 Å². The number of rotatable bonds is 0. The molecule has 5 heteroatoms. The Bertz CT molecular complexity index is 510. The number of benzene rings is 1. The van der Waals surface area contributed by atoms with Gasteiger partial charge in [0.15, 0.2) is 0 Å². The lowest BCUT2D eigenvalue weighted by Gasteiger charge is -1.91. The van der Waals surface area contributed by atoms with E-state index in [1.807, 2.05) is 18.2 Å². The molecule has 5 nitrogen and oxygen atoms in total. The van der Waals surface area contributed by atoms with E-state index in [2.05, 4.69) is 9.97 Å². The van der Waals surface area contributed by atoms with Gasteiger partial charge in [-0.2, -0.15) is 0 Å². The summed E-state index contributed by atoms with van der Waals surface area (Å²) >= 11 is 0. The van der Waals surface area contributed by atoms with Crippen molar-refractivity contribution in [2.75, 3.05) is 0 Å². The fourth-order valence-electron chi connectivity index (χ4n) is 1.02. The van der Waals surface area contributed by atoms with Crippen molar-refractivity contribution in [1.29, 1.82) is 0 Å². The largest absolute Gasteiger partial charge is 0.481 e. The van der Waals surface area contributed by atoms with E-state index in [1.54, 1.807) is 6.07 Å². The van der Waals surface area contributed by atoms with Crippen molar-refractivity contribution in [3.05, 3.63) is 40.9 Å². The highest BCUT2D eigenvalue weighted by molar-refractivity contribution is 5.76. The molecule has 0 atom stereocenters. The van der Waals surface area contributed by atoms with Gasteiger partial charge in [0, 0.05) is 6.92 Å². The van der Waals surface area contributed by atoms with Gasteiger partial charge >= 0.3 is 0 Å². The third-order valence-corrected chi connectivity index (χ3v) is 1.55. The summed E-state index contributed by atoms with van der Waals surface area (Å²) in [5, 5.41) is 8.05. The molecular weight excluding hydrogens is 196 g/mol. The number of carboxylic acids is 1. The molecule has 15 heavy (non-hydrogen) atoms. The first-order valence-corrected chi connectivity index (χ1v) is 4.23. The zero-order valence-electron chi connectivity index (χ0n) is 8.10. The van der Waals surface area contributed by atoms with Crippen LogP contribution in [-0.2, 0) is 4.79 Å². The summed E-state index contributed by atoms with van der Waals surface area (Å²) in [7, 11) is 0. The molecule has 0 amide bonds. The van der Waals surface area contributed by atoms with Gasteiger partial charge in [-0.3, -0.25) is 9.59 Å². The summed E-state index contributed by atoms with van der Waals surface area (Å²) in [6, 6.07) is 7.24. The fourth-order valence-corrected chi connectivity index (χ4v) is 1.02. The lowest BCUT2D eigenvalue weighted by Crippen LogP contribution is -2.05. The Hall–Kier alpha value is -2.17. The zero-order valence-corrected chi connectivity index (χ0v) is 8.10. The summed E-state index contributed by atoms with van der Waals surface area (Å²) in [6.45, 7) is 1.08. The average molecular weight is 206 g/mol. The number of hydrogen-bond donors (Lipinski definition) is 2. The molecule has 0 fully saturated rings. The summed E-state index contributed by atoms with van der Waals surface area (Å²) < 4.78 is 0. The highest BCUT2D eigenvalue weighted by atomic mass is 16.4. The second-order valence-electron chi connectivity index (χ2n) is 2.77. The van der Waals surface area contributed by atoms with Crippen LogP contribution >= 0.6 is 0 Å². The van der Waals surface area contributed by atoms with Crippen molar-refractivity contribution in [2.45, 2.75) is 6.92 Å². The Morgan fingerprint density at radius 1 is 1.40 bits per heavy atom. The van der Waals surface area contributed by atoms with Crippen LogP contribution in [0.5, 0.6) is 0 Å². The summed E-state index contributed by atoms with van der Waals surface area (Å²) in [5.74, 6) is -0.833. The van der Waals surface area contributed by atoms with Crippen LogP contribution < -0.4 is 5.56 Å². The Kier molecular flexibility index (Phi) is 3.56. The smallest absolute Gasteiger partial charge is 0.300 e. The second-order valence-corrected chi connectivity index (χ2v) is 2.77. The van der Waals surface area contributed by atoms with Crippen molar-refractivity contribution in [3.63, 3.8) is 0 Å². The van der Waals surface area contributed by atoms with Gasteiger partial charge in [0.2, 0.25) is 0 Å². The quantitative estimate of drug-likeness (QED) is 0.673. The number of carbonyl (C=O) groups is 1. The minimum Gasteiger partial charge on any atom is -0.481 e. The van der Waals surface area contributed by atoms with Crippen molar-refractivity contribution >= 4 is 16.9 Å². The van der Waals surface area contributed by atoms with Crippen LogP contribution in [0.25, 0.3) is 10.9 Å². The normalized spacial score (nSPS) is 9.13. The predicted octanol–water partition coefficient (Wildman–Crippen LogP) is 1.01. The molecular formula is C10H10N2O3. The predicted molar refractivity (Wildman–Crippen MR) is 55.7 cm³/mol. The van der Waals surface area contributed by atoms with Crippen LogP contribution in [-0.4, -0.2) is 21.0 Å². The number of para-hydroxylation sites is 1. The van der Waals surface area contributed by atoms with Gasteiger partial charge in [0.1, 0.15) is 0 Å². The number of aromatic amines is 1. The lowest BCUT2D eigenvalue weighted by molar-refractivity contribution is -0.134. The standard InChI is InChI=1S/C8H6N2O.C2H4O2/c11-8-6-3-1-2-4-7(6)9-5-10-8;1-2(3)4/h1-5H,(H,9,10,11);1H3,(H,3,4). The second kappa shape index (κ2) is 4.90. The maximum Gasteiger partial charge on any atom is 0.300 e. The summed E-state index contributed by atoms with van der Waals surface area (Å²) in [4.78, 5) is 26.6. The molecule has 0 aliphatic rings. The molecule has 0 aliphatic carbocycles. The highest BCUT2D eigenvalue weighted by Gasteiger charge is 1.94. The van der Waals surface area contributed by atoms with Gasteiger partial charge in [-0.05, 0) is 12.1 Å². The lowest BCUT2D eigenvalue weighted by atomic mass is 10.2. The van der Waals surface area contributed by atoms with Crippen molar-refractivity contribution < 1.29 is 9.90 Å². The molecule has 0 bridgehead atoms. The SMILES string of the molecule is CC(=O)O.O=c1[nH]cnc2ccccc12. The molecule has 0 spiro atoms. The average Bonchev–Trinajstić information content (AvgIpc) is 2.18. The topological polar surface area (TPSA) is 83.0 Å². The van der Waals surface area contributed by atoms with Gasteiger partial charge in [-0.1, -0.05) is 12.1 Å². The van der Waals surface area contributed by atoms with E-state index < -0.39 is 5.97 Å². The summed E-state index contributed by atoms with van der Waals surface area (Å²) in [6.07, 6.45) is 1.41. The first-order valence-electron chi connectivity index (χ1n) is 4.23. The minimum atomic E-state index is -0.833. The molecule has 0 saturated heterocycles. The van der Waals surface area contributed by atoms with Crippen LogP contribution in [0, 0.1) is 0 Å². The van der Waals surface area contributed by atoms with E-state index in [-0.39, 0.29) is 5.56 Å². The third-order valence-electron chi connectivity index (χ3n) is 1.55. The third kappa shape index (κ3) is 3.22. The van der Waals surface area contributed by atoms with E-state index in [4.69, 9.17) is 9.90 Å². The van der Waals surface area contributed by atoms with Crippen LogP contribution in [0.15, 0.2) is 35.4 Å². The molecule has 2 N–H and O–H groups in total. The molecule has 0 radical (unpaired) electrons. The van der Waals surface area contributed by atoms with Gasteiger partial charge < -0.3 is 10.1 Å². The molecule has 0 aliphatic heterocycles. The highest BCUT2D eigenvalue weighted by Crippen LogP contribution is 2.02. The number of fused-ring (bicyclic) bond motifs is 1. The first-order chi connectivity index (χ1) is 7.11. The molecule has 78 valence electrons. The molecule has 0 unspecified atom stereocenters. The van der Waals surface area contributed by atoms with Crippen LogP contribution in [0.4, 0.5) is 0 Å². The number of hydrogen-bond acceptors (Lipinski definition) is 3. The van der Waals surface area contributed by atoms with Gasteiger partial charge in [0.25, 0.3) is 11.5 Å². The van der Waals surface area contributed by atoms with E-state index in [0.29, 0.717) is 5.39 Å². The maximum atomic E-state index is 11.1. The van der Waals surface area contributed by atoms with Gasteiger partial charge in [0.05, 0.1) is 17.2 Å². The molecule has 1 aromatic carbocycles. The van der Waals surface area contributed by atoms with Crippen LogP contribution in [0.1, 0.15) is 6.92 Å². The van der Waals surface area contributed by atoms with E-state index in [0.717, 1.165) is 12.4 Å². The number of nitrogens with one attached hydrogen (secondary N) is 1. The molecule has 0 saturated carbocycles. The zero-order chi connectivity index (χ0) is 11.3. The van der Waals surface area contributed by atoms with Gasteiger partial charge in [-0.25, -0.2) is 4.98 Å². The van der Waals surface area contributed by atoms with Crippen molar-refractivity contribution in [2.24, 2.45) is 0 Å². The molecule has 2 aromatic rings. The fraction of sp³-hybridized carbons (Fsp3) is 0.100. The van der Waals surface area contributed by atoms with Crippen LogP contribution in [0.3, 0.4) is 0 Å². The first kappa shape index (κ1) is 10.9. The van der Waals surface area contributed by atoms with Gasteiger partial charge in [-0.15, -0.1) is 0 Å². The number of aliphatic carboxylic acids is 1. The molecule has 1 aromatic heterocycles. The van der Waals surface area contributed by atoms with E-state index in [9.17, 15) is 4.79 Å². The van der Waals surface area contributed by atoms with E-state index in [1.165, 1.54) is 6.33 Å². The van der Waals surface area contributed by atoms with Crippen molar-refractivity contribution in [1.82, 2.24) is 9.97 Å². The summed E-state index contributed by atoms with van der Waals surface area (Å²) in [5.41, 5.74) is 0.645. The maximum absolute atomic E-state index is 11.1. The Balaban J connectivity index is 0.000000245. The Morgan fingerprint density at radius 2 is 2.00 bits per heavy atom. The Morgan fingerprint density at radius 3 is 2.60 bits per heavy atom.